The minimum atomic E-state index is -0.557. The Bertz CT molecular complexity index is 955. The smallest absolute Gasteiger partial charge is 0.255 e. The van der Waals surface area contributed by atoms with Gasteiger partial charge < -0.3 is 9.47 Å². The minimum absolute atomic E-state index is 0.106. The molecular weight excluding hydrogens is 483 g/mol. The second-order valence-electron chi connectivity index (χ2n) is 7.59. The lowest BCUT2D eigenvalue weighted by atomic mass is 9.98. The lowest BCUT2D eigenvalue weighted by molar-refractivity contribution is -0.136. The number of imide groups is 1. The predicted molar refractivity (Wildman–Crippen MR) is 115 cm³/mol. The summed E-state index contributed by atoms with van der Waals surface area (Å²) >= 11 is 2.21. The molecule has 1 aromatic heterocycles. The molecule has 0 radical (unpaired) electrons. The third-order valence-electron chi connectivity index (χ3n) is 5.64. The lowest BCUT2D eigenvalue weighted by Gasteiger charge is -2.29. The molecule has 0 aliphatic carbocycles. The number of carbonyl (C=O) groups excluding carboxylic acids is 3. The number of unbranched alkanes of at least 4 members (excludes halogenated alkanes) is 2. The molecule has 1 aromatic carbocycles. The molecule has 1 N–H and O–H groups in total. The number of amides is 3. The van der Waals surface area contributed by atoms with E-state index in [1.807, 2.05) is 24.7 Å². The van der Waals surface area contributed by atoms with Crippen LogP contribution in [0.2, 0.25) is 0 Å². The predicted octanol–water partition coefficient (Wildman–Crippen LogP) is 2.66. The van der Waals surface area contributed by atoms with Crippen LogP contribution in [0.15, 0.2) is 30.7 Å². The van der Waals surface area contributed by atoms with E-state index in [0.29, 0.717) is 18.5 Å². The summed E-state index contributed by atoms with van der Waals surface area (Å²) in [6.45, 7) is 1.41. The molecule has 7 nitrogen and oxygen atoms in total. The number of fused-ring (bicyclic) bond motifs is 1. The number of nitrogens with zero attached hydrogens (tertiary/aromatic N) is 3. The second-order valence-corrected chi connectivity index (χ2v) is 8.69. The first-order chi connectivity index (χ1) is 14.0. The summed E-state index contributed by atoms with van der Waals surface area (Å²) in [4.78, 5) is 42.3. The van der Waals surface area contributed by atoms with Crippen LogP contribution in [0.4, 0.5) is 0 Å². The van der Waals surface area contributed by atoms with E-state index in [4.69, 9.17) is 0 Å². The highest BCUT2D eigenvalue weighted by atomic mass is 127. The van der Waals surface area contributed by atoms with Gasteiger partial charge in [0.1, 0.15) is 9.74 Å². The average Bonchev–Trinajstić information content (AvgIpc) is 3.25. The third kappa shape index (κ3) is 4.36. The zero-order valence-electron chi connectivity index (χ0n) is 16.1. The summed E-state index contributed by atoms with van der Waals surface area (Å²) in [5.41, 5.74) is 2.91. The van der Waals surface area contributed by atoms with Crippen LogP contribution in [0, 0.1) is 3.70 Å². The van der Waals surface area contributed by atoms with Crippen molar-refractivity contribution in [1.29, 1.82) is 0 Å². The molecule has 8 heteroatoms. The molecule has 3 amide bonds. The largest absolute Gasteiger partial charge is 0.336 e. The van der Waals surface area contributed by atoms with Crippen molar-refractivity contribution in [3.05, 3.63) is 51.1 Å². The van der Waals surface area contributed by atoms with Crippen molar-refractivity contribution >= 4 is 40.3 Å². The molecule has 2 aliphatic heterocycles. The summed E-state index contributed by atoms with van der Waals surface area (Å²) in [7, 11) is 0. The van der Waals surface area contributed by atoms with E-state index in [9.17, 15) is 14.4 Å². The number of imidazole rings is 1. The molecule has 3 heterocycles. The van der Waals surface area contributed by atoms with Crippen molar-refractivity contribution in [1.82, 2.24) is 19.8 Å². The summed E-state index contributed by atoms with van der Waals surface area (Å²) < 4.78 is 3.12. The van der Waals surface area contributed by atoms with E-state index >= 15 is 0 Å². The first-order valence-corrected chi connectivity index (χ1v) is 11.0. The SMILES string of the molecule is O=C1CCC(N2Cc3c(CCCCCn4cnc(I)c4)cccc3C2=O)C(=O)N1. The van der Waals surface area contributed by atoms with Gasteiger partial charge in [-0.25, -0.2) is 4.98 Å². The Balaban J connectivity index is 1.35. The van der Waals surface area contributed by atoms with Crippen molar-refractivity contribution in [2.75, 3.05) is 0 Å². The number of nitrogens with one attached hydrogen (secondary N) is 1. The Morgan fingerprint density at radius 1 is 1.17 bits per heavy atom. The maximum absolute atomic E-state index is 12.9. The maximum Gasteiger partial charge on any atom is 0.255 e. The fraction of sp³-hybridized carbons (Fsp3) is 0.429. The molecule has 1 saturated heterocycles. The zero-order chi connectivity index (χ0) is 20.4. The van der Waals surface area contributed by atoms with Crippen molar-refractivity contribution in [3.8, 4) is 0 Å². The number of aromatic nitrogens is 2. The van der Waals surface area contributed by atoms with Crippen LogP contribution in [0.1, 0.15) is 53.6 Å². The van der Waals surface area contributed by atoms with Crippen LogP contribution in [0.25, 0.3) is 0 Å². The Labute approximate surface area is 183 Å². The number of carbonyl (C=O) groups is 3. The van der Waals surface area contributed by atoms with E-state index in [1.165, 1.54) is 5.56 Å². The first-order valence-electron chi connectivity index (χ1n) is 9.95. The van der Waals surface area contributed by atoms with Gasteiger partial charge in [-0.1, -0.05) is 18.6 Å². The van der Waals surface area contributed by atoms with Crippen molar-refractivity contribution in [2.45, 2.75) is 57.7 Å². The standard InChI is InChI=1S/C21H23IN4O3/c22-18-12-25(13-23-18)10-3-1-2-5-14-6-4-7-15-16(14)11-26(21(15)29)17-8-9-19(27)24-20(17)28/h4,6-7,12-13,17H,1-3,5,8-11H2,(H,24,27,28). The molecule has 2 aliphatic rings. The van der Waals surface area contributed by atoms with E-state index in [2.05, 4.69) is 43.5 Å². The number of hydrogen-bond donors (Lipinski definition) is 1. The molecule has 1 fully saturated rings. The molecule has 4 rings (SSSR count). The fourth-order valence-corrected chi connectivity index (χ4v) is 4.61. The van der Waals surface area contributed by atoms with E-state index in [0.717, 1.165) is 41.5 Å². The third-order valence-corrected chi connectivity index (χ3v) is 6.20. The molecule has 0 spiro atoms. The number of benzene rings is 1. The van der Waals surface area contributed by atoms with Crippen LogP contribution >= 0.6 is 22.6 Å². The maximum atomic E-state index is 12.9. The van der Waals surface area contributed by atoms with Gasteiger partial charge in [-0.05, 0) is 65.5 Å². The van der Waals surface area contributed by atoms with Gasteiger partial charge in [-0.2, -0.15) is 0 Å². The Hall–Kier alpha value is -2.23. The van der Waals surface area contributed by atoms with Gasteiger partial charge in [0.15, 0.2) is 0 Å². The lowest BCUT2D eigenvalue weighted by Crippen LogP contribution is -2.52. The Kier molecular flexibility index (Phi) is 5.98. The van der Waals surface area contributed by atoms with E-state index in [1.54, 1.807) is 4.90 Å². The highest BCUT2D eigenvalue weighted by molar-refractivity contribution is 14.1. The zero-order valence-corrected chi connectivity index (χ0v) is 18.2. The molecule has 0 saturated carbocycles. The van der Waals surface area contributed by atoms with Crippen molar-refractivity contribution in [3.63, 3.8) is 0 Å². The number of rotatable bonds is 7. The number of hydrogen-bond acceptors (Lipinski definition) is 4. The van der Waals surface area contributed by atoms with Crippen LogP contribution in [-0.4, -0.2) is 38.2 Å². The summed E-state index contributed by atoms with van der Waals surface area (Å²) in [5.74, 6) is -0.731. The normalized spacial score (nSPS) is 18.9. The Morgan fingerprint density at radius 2 is 2.03 bits per heavy atom. The molecule has 29 heavy (non-hydrogen) atoms. The fourth-order valence-electron chi connectivity index (χ4n) is 4.13. The van der Waals surface area contributed by atoms with Crippen molar-refractivity contribution < 1.29 is 14.4 Å². The van der Waals surface area contributed by atoms with Gasteiger partial charge >= 0.3 is 0 Å². The van der Waals surface area contributed by atoms with Crippen LogP contribution in [0.5, 0.6) is 0 Å². The van der Waals surface area contributed by atoms with Gasteiger partial charge in [0.05, 0.1) is 6.33 Å². The molecule has 152 valence electrons. The highest BCUT2D eigenvalue weighted by Crippen LogP contribution is 2.30. The topological polar surface area (TPSA) is 84.3 Å². The van der Waals surface area contributed by atoms with Gasteiger partial charge in [0.25, 0.3) is 5.91 Å². The number of piperidine rings is 1. The van der Waals surface area contributed by atoms with Crippen LogP contribution < -0.4 is 5.32 Å². The molecule has 1 atom stereocenters. The number of aryl methyl sites for hydroxylation is 2. The van der Waals surface area contributed by atoms with E-state index in [-0.39, 0.29) is 24.1 Å². The monoisotopic (exact) mass is 506 g/mol. The van der Waals surface area contributed by atoms with Gasteiger partial charge in [-0.3, -0.25) is 19.7 Å². The quantitative estimate of drug-likeness (QED) is 0.356. The summed E-state index contributed by atoms with van der Waals surface area (Å²) in [5, 5.41) is 2.35. The minimum Gasteiger partial charge on any atom is -0.336 e. The highest BCUT2D eigenvalue weighted by Gasteiger charge is 2.39. The average molecular weight is 506 g/mol. The number of halogens is 1. The van der Waals surface area contributed by atoms with E-state index < -0.39 is 6.04 Å². The van der Waals surface area contributed by atoms with Gasteiger partial charge in [-0.15, -0.1) is 0 Å². The van der Waals surface area contributed by atoms with Gasteiger partial charge in [0, 0.05) is 31.3 Å². The van der Waals surface area contributed by atoms with Crippen LogP contribution in [-0.2, 0) is 29.1 Å². The summed E-state index contributed by atoms with van der Waals surface area (Å²) in [6, 6.07) is 5.29. The molecule has 1 unspecified atom stereocenters. The molecular formula is C21H23IN4O3. The summed E-state index contributed by atoms with van der Waals surface area (Å²) in [6.07, 6.45) is 8.73. The van der Waals surface area contributed by atoms with Gasteiger partial charge in [0.2, 0.25) is 11.8 Å². The van der Waals surface area contributed by atoms with Crippen LogP contribution in [0.3, 0.4) is 0 Å². The van der Waals surface area contributed by atoms with Crippen molar-refractivity contribution in [2.24, 2.45) is 0 Å². The first kappa shape index (κ1) is 20.1. The molecule has 0 bridgehead atoms. The second kappa shape index (κ2) is 8.64. The Morgan fingerprint density at radius 3 is 2.79 bits per heavy atom. The molecule has 2 aromatic rings.